The number of thiocarbonyl (C=S) groups is 1. The van der Waals surface area contributed by atoms with Crippen molar-refractivity contribution in [2.75, 3.05) is 11.9 Å². The zero-order valence-electron chi connectivity index (χ0n) is 23.2. The van der Waals surface area contributed by atoms with E-state index in [-0.39, 0.29) is 18.0 Å². The van der Waals surface area contributed by atoms with Crippen LogP contribution in [0.4, 0.5) is 5.69 Å². The van der Waals surface area contributed by atoms with Crippen LogP contribution in [0.15, 0.2) is 72.9 Å². The highest BCUT2D eigenvalue weighted by molar-refractivity contribution is 7.80. The highest BCUT2D eigenvalue weighted by atomic mass is 32.1. The van der Waals surface area contributed by atoms with Crippen LogP contribution in [-0.2, 0) is 4.79 Å². The van der Waals surface area contributed by atoms with Crippen LogP contribution in [0.3, 0.4) is 0 Å². The molecule has 0 saturated carbocycles. The maximum atomic E-state index is 12.9. The maximum Gasteiger partial charge on any atom is 0.226 e. The predicted octanol–water partition coefficient (Wildman–Crippen LogP) is 6.42. The summed E-state index contributed by atoms with van der Waals surface area (Å²) in [6.45, 7) is 11.1. The molecule has 2 atom stereocenters. The lowest BCUT2D eigenvalue weighted by atomic mass is 9.96. The van der Waals surface area contributed by atoms with Crippen molar-refractivity contribution in [3.63, 3.8) is 0 Å². The normalized spacial score (nSPS) is 16.8. The summed E-state index contributed by atoms with van der Waals surface area (Å²) in [7, 11) is 0. The minimum atomic E-state index is -0.133. The smallest absolute Gasteiger partial charge is 0.226 e. The first kappa shape index (κ1) is 26.6. The number of hydrogen-bond donors (Lipinski definition) is 2. The number of carbonyl (C=O) groups is 1. The summed E-state index contributed by atoms with van der Waals surface area (Å²) < 4.78 is 2.33. The molecule has 0 bridgehead atoms. The molecular formula is C32H35N5OS. The van der Waals surface area contributed by atoms with Gasteiger partial charge in [-0.3, -0.25) is 9.78 Å². The average molecular weight is 538 g/mol. The lowest BCUT2D eigenvalue weighted by Crippen LogP contribution is -2.32. The Morgan fingerprint density at radius 1 is 0.974 bits per heavy atom. The van der Waals surface area contributed by atoms with Gasteiger partial charge in [0.2, 0.25) is 5.91 Å². The van der Waals surface area contributed by atoms with E-state index >= 15 is 0 Å². The molecule has 7 heteroatoms. The predicted molar refractivity (Wildman–Crippen MR) is 161 cm³/mol. The second-order valence-corrected chi connectivity index (χ2v) is 10.8. The summed E-state index contributed by atoms with van der Waals surface area (Å²) >= 11 is 5.85. The van der Waals surface area contributed by atoms with E-state index in [9.17, 15) is 4.79 Å². The van der Waals surface area contributed by atoms with E-state index < -0.39 is 0 Å². The molecule has 39 heavy (non-hydrogen) atoms. The quantitative estimate of drug-likeness (QED) is 0.267. The summed E-state index contributed by atoms with van der Waals surface area (Å²) in [4.78, 5) is 19.7. The lowest BCUT2D eigenvalue weighted by molar-refractivity contribution is -0.116. The highest BCUT2D eigenvalue weighted by Crippen LogP contribution is 2.41. The van der Waals surface area contributed by atoms with Crippen molar-refractivity contribution < 1.29 is 4.79 Å². The second-order valence-electron chi connectivity index (χ2n) is 10.4. The molecule has 0 aliphatic carbocycles. The molecule has 1 saturated heterocycles. The third kappa shape index (κ3) is 5.45. The maximum absolute atomic E-state index is 12.9. The Labute approximate surface area is 236 Å². The van der Waals surface area contributed by atoms with Gasteiger partial charge in [0.25, 0.3) is 0 Å². The largest absolute Gasteiger partial charge is 0.352 e. The van der Waals surface area contributed by atoms with Crippen LogP contribution in [0, 0.1) is 34.6 Å². The number of benzene rings is 2. The molecule has 2 N–H and O–H groups in total. The van der Waals surface area contributed by atoms with Crippen LogP contribution < -0.4 is 10.6 Å². The molecule has 4 aromatic rings. The number of amides is 1. The number of hydrogen-bond acceptors (Lipinski definition) is 3. The van der Waals surface area contributed by atoms with Gasteiger partial charge in [0, 0.05) is 41.9 Å². The van der Waals surface area contributed by atoms with E-state index in [1.807, 2.05) is 55.6 Å². The minimum absolute atomic E-state index is 0.0393. The number of anilines is 1. The van der Waals surface area contributed by atoms with Crippen molar-refractivity contribution in [3.8, 4) is 5.69 Å². The first-order valence-electron chi connectivity index (χ1n) is 13.3. The van der Waals surface area contributed by atoms with Crippen molar-refractivity contribution in [1.82, 2.24) is 19.8 Å². The summed E-state index contributed by atoms with van der Waals surface area (Å²) in [6, 6.07) is 22.4. The van der Waals surface area contributed by atoms with Crippen LogP contribution >= 0.6 is 12.2 Å². The van der Waals surface area contributed by atoms with E-state index in [0.717, 1.165) is 28.3 Å². The molecule has 5 rings (SSSR count). The second kappa shape index (κ2) is 11.0. The highest BCUT2D eigenvalue weighted by Gasteiger charge is 2.41. The Morgan fingerprint density at radius 3 is 2.44 bits per heavy atom. The molecule has 2 aromatic carbocycles. The van der Waals surface area contributed by atoms with Gasteiger partial charge in [-0.2, -0.15) is 0 Å². The van der Waals surface area contributed by atoms with Crippen LogP contribution in [0.25, 0.3) is 5.69 Å². The Bertz CT molecular complexity index is 1510. The molecule has 0 radical (unpaired) electrons. The Balaban J connectivity index is 1.48. The number of rotatable bonds is 7. The van der Waals surface area contributed by atoms with Gasteiger partial charge in [-0.25, -0.2) is 0 Å². The Kier molecular flexibility index (Phi) is 7.53. The number of nitrogens with zero attached hydrogens (tertiary/aromatic N) is 3. The molecule has 6 nitrogen and oxygen atoms in total. The fraction of sp³-hybridized carbons (Fsp3) is 0.281. The zero-order chi connectivity index (χ0) is 27.7. The molecule has 200 valence electrons. The van der Waals surface area contributed by atoms with E-state index in [1.165, 1.54) is 22.4 Å². The number of pyridine rings is 1. The summed E-state index contributed by atoms with van der Waals surface area (Å²) in [5.41, 5.74) is 10.0. The van der Waals surface area contributed by atoms with E-state index in [4.69, 9.17) is 12.2 Å². The van der Waals surface area contributed by atoms with Crippen LogP contribution in [0.2, 0.25) is 0 Å². The van der Waals surface area contributed by atoms with Gasteiger partial charge in [-0.05, 0) is 99.9 Å². The SMILES string of the molecule is Cc1ccc(NC(=O)CCN2C(=S)N[C@@H](c3ccccn3)[C@H]2c2cc(C)n(-c3cc(C)ccc3C)c2C)cc1. The van der Waals surface area contributed by atoms with Gasteiger partial charge in [0.15, 0.2) is 5.11 Å². The van der Waals surface area contributed by atoms with Crippen molar-refractivity contribution in [3.05, 3.63) is 112 Å². The van der Waals surface area contributed by atoms with Crippen molar-refractivity contribution in [1.29, 1.82) is 0 Å². The third-order valence-corrected chi connectivity index (χ3v) is 7.86. The van der Waals surface area contributed by atoms with Gasteiger partial charge in [-0.15, -0.1) is 0 Å². The number of aromatic nitrogens is 2. The average Bonchev–Trinajstić information content (AvgIpc) is 3.40. The molecule has 1 aliphatic rings. The topological polar surface area (TPSA) is 62.2 Å². The number of aryl methyl sites for hydroxylation is 4. The van der Waals surface area contributed by atoms with Gasteiger partial charge in [-0.1, -0.05) is 35.9 Å². The molecule has 0 unspecified atom stereocenters. The fourth-order valence-corrected chi connectivity index (χ4v) is 5.82. The Hall–Kier alpha value is -3.97. The van der Waals surface area contributed by atoms with E-state index in [0.29, 0.717) is 18.1 Å². The third-order valence-electron chi connectivity index (χ3n) is 7.51. The molecule has 0 spiro atoms. The molecule has 2 aromatic heterocycles. The molecular weight excluding hydrogens is 502 g/mol. The minimum Gasteiger partial charge on any atom is -0.352 e. The molecule has 1 fully saturated rings. The number of carbonyl (C=O) groups excluding carboxylic acids is 1. The van der Waals surface area contributed by atoms with Crippen molar-refractivity contribution in [2.24, 2.45) is 0 Å². The fourth-order valence-electron chi connectivity index (χ4n) is 5.49. The van der Waals surface area contributed by atoms with Gasteiger partial charge in [0.1, 0.15) is 0 Å². The monoisotopic (exact) mass is 537 g/mol. The Morgan fingerprint density at radius 2 is 1.72 bits per heavy atom. The summed E-state index contributed by atoms with van der Waals surface area (Å²) in [5.74, 6) is -0.0393. The zero-order valence-corrected chi connectivity index (χ0v) is 24.0. The van der Waals surface area contributed by atoms with Crippen LogP contribution in [0.5, 0.6) is 0 Å². The molecule has 1 aliphatic heterocycles. The lowest BCUT2D eigenvalue weighted by Gasteiger charge is -2.28. The summed E-state index contributed by atoms with van der Waals surface area (Å²) in [6.07, 6.45) is 2.13. The van der Waals surface area contributed by atoms with Gasteiger partial charge >= 0.3 is 0 Å². The first-order chi connectivity index (χ1) is 18.7. The van der Waals surface area contributed by atoms with Crippen molar-refractivity contribution >= 4 is 28.9 Å². The standard InChI is InChI=1S/C32H35N5OS/c1-20-10-13-25(14-11-20)34-29(38)15-17-36-31(30(35-32(36)39)27-8-6-7-16-33-27)26-19-23(4)37(24(26)5)28-18-21(2)9-12-22(28)3/h6-14,16,18-19,30-31H,15,17H2,1-5H3,(H,34,38)(H,35,39)/t30-,31+/m0/s1. The van der Waals surface area contributed by atoms with E-state index in [2.05, 4.69) is 77.0 Å². The molecule has 3 heterocycles. The molecule has 1 amide bonds. The van der Waals surface area contributed by atoms with Crippen molar-refractivity contribution in [2.45, 2.75) is 53.1 Å². The van der Waals surface area contributed by atoms with Crippen LogP contribution in [0.1, 0.15) is 57.8 Å². The first-order valence-corrected chi connectivity index (χ1v) is 13.7. The summed E-state index contributed by atoms with van der Waals surface area (Å²) in [5, 5.41) is 7.17. The van der Waals surface area contributed by atoms with Crippen LogP contribution in [-0.4, -0.2) is 32.0 Å². The van der Waals surface area contributed by atoms with E-state index in [1.54, 1.807) is 0 Å². The van der Waals surface area contributed by atoms with Gasteiger partial charge < -0.3 is 20.1 Å². The van der Waals surface area contributed by atoms with Gasteiger partial charge in [0.05, 0.1) is 17.8 Å². The number of nitrogens with one attached hydrogen (secondary N) is 2.